The van der Waals surface area contributed by atoms with Crippen molar-refractivity contribution in [3.05, 3.63) is 36.0 Å². The van der Waals surface area contributed by atoms with Crippen LogP contribution < -0.4 is 0 Å². The van der Waals surface area contributed by atoms with Gasteiger partial charge in [0.15, 0.2) is 0 Å². The third-order valence-corrected chi connectivity index (χ3v) is 2.34. The quantitative estimate of drug-likeness (QED) is 0.807. The number of rotatable bonds is 2. The number of hydrogen-bond donors (Lipinski definition) is 1. The molecule has 1 heterocycles. The predicted octanol–water partition coefficient (Wildman–Crippen LogP) is 3.05. The van der Waals surface area contributed by atoms with Gasteiger partial charge in [0.05, 0.1) is 6.42 Å². The number of para-hydroxylation sites is 1. The Balaban J connectivity index is 2.11. The Bertz CT molecular complexity index is 501. The number of carbonyl (C=O) groups excluding carboxylic acids is 1. The molecule has 0 atom stereocenters. The van der Waals surface area contributed by atoms with E-state index < -0.39 is 5.60 Å². The second kappa shape index (κ2) is 4.24. The highest BCUT2D eigenvalue weighted by atomic mass is 16.6. The highest BCUT2D eigenvalue weighted by Crippen LogP contribution is 2.16. The Morgan fingerprint density at radius 2 is 2.00 bits per heavy atom. The molecule has 0 aliphatic rings. The molecule has 1 N–H and O–H groups in total. The average molecular weight is 231 g/mol. The summed E-state index contributed by atoms with van der Waals surface area (Å²) in [7, 11) is 0. The van der Waals surface area contributed by atoms with E-state index in [-0.39, 0.29) is 12.4 Å². The maximum Gasteiger partial charge on any atom is 0.312 e. The van der Waals surface area contributed by atoms with Crippen molar-refractivity contribution < 1.29 is 9.53 Å². The molecule has 0 unspecified atom stereocenters. The normalized spacial score (nSPS) is 11.7. The van der Waals surface area contributed by atoms with Gasteiger partial charge in [0.2, 0.25) is 0 Å². The van der Waals surface area contributed by atoms with E-state index in [0.717, 1.165) is 16.6 Å². The molecule has 1 aromatic heterocycles. The van der Waals surface area contributed by atoms with Crippen molar-refractivity contribution in [2.45, 2.75) is 32.8 Å². The number of nitrogens with one attached hydrogen (secondary N) is 1. The molecule has 0 aliphatic carbocycles. The lowest BCUT2D eigenvalue weighted by molar-refractivity contribution is -0.153. The van der Waals surface area contributed by atoms with Crippen LogP contribution in [0.2, 0.25) is 0 Å². The summed E-state index contributed by atoms with van der Waals surface area (Å²) in [6, 6.07) is 9.95. The Kier molecular flexibility index (Phi) is 2.92. The standard InChI is InChI=1S/C14H17NO2/c1-14(2,3)17-13(16)9-11-8-10-6-4-5-7-12(10)15-11/h4-8,15H,9H2,1-3H3. The van der Waals surface area contributed by atoms with E-state index in [1.807, 2.05) is 51.1 Å². The molecule has 2 aromatic rings. The second-order valence-electron chi connectivity index (χ2n) is 5.15. The molecular formula is C14H17NO2. The van der Waals surface area contributed by atoms with Crippen LogP contribution in [0.1, 0.15) is 26.5 Å². The first-order chi connectivity index (χ1) is 7.94. The Morgan fingerprint density at radius 1 is 1.29 bits per heavy atom. The van der Waals surface area contributed by atoms with Gasteiger partial charge in [-0.25, -0.2) is 0 Å². The van der Waals surface area contributed by atoms with Gasteiger partial charge in [-0.15, -0.1) is 0 Å². The fourth-order valence-corrected chi connectivity index (χ4v) is 1.76. The molecule has 0 saturated carbocycles. The summed E-state index contributed by atoms with van der Waals surface area (Å²) < 4.78 is 5.28. The summed E-state index contributed by atoms with van der Waals surface area (Å²) >= 11 is 0. The fraction of sp³-hybridized carbons (Fsp3) is 0.357. The summed E-state index contributed by atoms with van der Waals surface area (Å²) in [5.74, 6) is -0.205. The summed E-state index contributed by atoms with van der Waals surface area (Å²) in [6.45, 7) is 5.61. The molecule has 0 saturated heterocycles. The van der Waals surface area contributed by atoms with E-state index in [0.29, 0.717) is 0 Å². The van der Waals surface area contributed by atoms with Gasteiger partial charge in [-0.05, 0) is 38.3 Å². The minimum absolute atomic E-state index is 0.205. The van der Waals surface area contributed by atoms with E-state index in [1.165, 1.54) is 0 Å². The van der Waals surface area contributed by atoms with Crippen LogP contribution in [-0.2, 0) is 16.0 Å². The van der Waals surface area contributed by atoms with Gasteiger partial charge in [0.25, 0.3) is 0 Å². The largest absolute Gasteiger partial charge is 0.460 e. The summed E-state index contributed by atoms with van der Waals surface area (Å²) in [5.41, 5.74) is 1.51. The number of fused-ring (bicyclic) bond motifs is 1. The molecule has 0 aliphatic heterocycles. The van der Waals surface area contributed by atoms with Crippen LogP contribution >= 0.6 is 0 Å². The van der Waals surface area contributed by atoms with Crippen molar-refractivity contribution in [3.8, 4) is 0 Å². The number of aromatic nitrogens is 1. The van der Waals surface area contributed by atoms with Gasteiger partial charge in [-0.2, -0.15) is 0 Å². The Labute approximate surface area is 101 Å². The summed E-state index contributed by atoms with van der Waals surface area (Å²) in [6.07, 6.45) is 0.284. The maximum absolute atomic E-state index is 11.7. The number of carbonyl (C=O) groups is 1. The average Bonchev–Trinajstić information content (AvgIpc) is 2.55. The maximum atomic E-state index is 11.7. The lowest BCUT2D eigenvalue weighted by atomic mass is 10.2. The third-order valence-electron chi connectivity index (χ3n) is 2.34. The zero-order chi connectivity index (χ0) is 12.5. The highest BCUT2D eigenvalue weighted by Gasteiger charge is 2.17. The fourth-order valence-electron chi connectivity index (χ4n) is 1.76. The molecule has 0 bridgehead atoms. The molecular weight excluding hydrogens is 214 g/mol. The van der Waals surface area contributed by atoms with Crippen molar-refractivity contribution in [2.75, 3.05) is 0 Å². The topological polar surface area (TPSA) is 42.1 Å². The molecule has 3 heteroatoms. The van der Waals surface area contributed by atoms with Crippen LogP contribution in [0.5, 0.6) is 0 Å². The first-order valence-corrected chi connectivity index (χ1v) is 5.72. The van der Waals surface area contributed by atoms with E-state index in [9.17, 15) is 4.79 Å². The number of aromatic amines is 1. The molecule has 0 fully saturated rings. The van der Waals surface area contributed by atoms with Crippen LogP contribution in [0.4, 0.5) is 0 Å². The summed E-state index contributed by atoms with van der Waals surface area (Å²) in [4.78, 5) is 14.9. The van der Waals surface area contributed by atoms with Crippen LogP contribution in [0.3, 0.4) is 0 Å². The van der Waals surface area contributed by atoms with Crippen molar-refractivity contribution >= 4 is 16.9 Å². The molecule has 17 heavy (non-hydrogen) atoms. The van der Waals surface area contributed by atoms with Crippen LogP contribution in [0, 0.1) is 0 Å². The van der Waals surface area contributed by atoms with Gasteiger partial charge in [0, 0.05) is 11.2 Å². The SMILES string of the molecule is CC(C)(C)OC(=O)Cc1cc2ccccc2[nH]1. The van der Waals surface area contributed by atoms with E-state index in [1.54, 1.807) is 0 Å². The van der Waals surface area contributed by atoms with Gasteiger partial charge < -0.3 is 9.72 Å². The van der Waals surface area contributed by atoms with Crippen LogP contribution in [0.25, 0.3) is 10.9 Å². The van der Waals surface area contributed by atoms with E-state index in [2.05, 4.69) is 4.98 Å². The van der Waals surface area contributed by atoms with Crippen molar-refractivity contribution in [3.63, 3.8) is 0 Å². The molecule has 90 valence electrons. The summed E-state index contributed by atoms with van der Waals surface area (Å²) in [5, 5.41) is 1.12. The van der Waals surface area contributed by atoms with Gasteiger partial charge >= 0.3 is 5.97 Å². The van der Waals surface area contributed by atoms with Crippen molar-refractivity contribution in [1.29, 1.82) is 0 Å². The lowest BCUT2D eigenvalue weighted by Crippen LogP contribution is -2.24. The Hall–Kier alpha value is -1.77. The minimum atomic E-state index is -0.427. The van der Waals surface area contributed by atoms with Crippen molar-refractivity contribution in [1.82, 2.24) is 4.98 Å². The molecule has 2 rings (SSSR count). The number of hydrogen-bond acceptors (Lipinski definition) is 2. The number of H-pyrrole nitrogens is 1. The molecule has 0 amide bonds. The molecule has 3 nitrogen and oxygen atoms in total. The monoisotopic (exact) mass is 231 g/mol. The third kappa shape index (κ3) is 3.09. The number of esters is 1. The van der Waals surface area contributed by atoms with Gasteiger partial charge in [0.1, 0.15) is 5.60 Å². The van der Waals surface area contributed by atoms with E-state index >= 15 is 0 Å². The minimum Gasteiger partial charge on any atom is -0.460 e. The van der Waals surface area contributed by atoms with Gasteiger partial charge in [-0.1, -0.05) is 18.2 Å². The molecule has 1 aromatic carbocycles. The zero-order valence-electron chi connectivity index (χ0n) is 10.4. The zero-order valence-corrected chi connectivity index (χ0v) is 10.4. The second-order valence-corrected chi connectivity index (χ2v) is 5.15. The molecule has 0 radical (unpaired) electrons. The highest BCUT2D eigenvalue weighted by molar-refractivity contribution is 5.82. The number of ether oxygens (including phenoxy) is 1. The lowest BCUT2D eigenvalue weighted by Gasteiger charge is -2.19. The smallest absolute Gasteiger partial charge is 0.312 e. The van der Waals surface area contributed by atoms with Crippen molar-refractivity contribution in [2.24, 2.45) is 0 Å². The van der Waals surface area contributed by atoms with E-state index in [4.69, 9.17) is 4.74 Å². The van der Waals surface area contributed by atoms with Crippen LogP contribution in [-0.4, -0.2) is 16.6 Å². The Morgan fingerprint density at radius 3 is 2.65 bits per heavy atom. The van der Waals surface area contributed by atoms with Gasteiger partial charge in [-0.3, -0.25) is 4.79 Å². The first-order valence-electron chi connectivity index (χ1n) is 5.72. The number of benzene rings is 1. The predicted molar refractivity (Wildman–Crippen MR) is 67.8 cm³/mol. The first kappa shape index (κ1) is 11.7. The molecule has 0 spiro atoms. The van der Waals surface area contributed by atoms with Crippen LogP contribution in [0.15, 0.2) is 30.3 Å².